The van der Waals surface area contributed by atoms with Crippen LogP contribution in [0.4, 0.5) is 0 Å². The smallest absolute Gasteiger partial charge is 0.168 e. The molecule has 0 bridgehead atoms. The van der Waals surface area contributed by atoms with Gasteiger partial charge in [-0.1, -0.05) is 15.9 Å². The monoisotopic (exact) mass is 208 g/mol. The van der Waals surface area contributed by atoms with Gasteiger partial charge in [0.1, 0.15) is 0 Å². The molecule has 0 atom stereocenters. The van der Waals surface area contributed by atoms with E-state index in [0.29, 0.717) is 0 Å². The molecule has 0 aromatic rings. The molecule has 1 saturated carbocycles. The molecule has 10 heavy (non-hydrogen) atoms. The second kappa shape index (κ2) is 3.20. The molecule has 0 saturated heterocycles. The second-order valence-electron chi connectivity index (χ2n) is 2.75. The highest BCUT2D eigenvalue weighted by atomic mass is 79.9. The molecule has 3 heteroatoms. The van der Waals surface area contributed by atoms with Crippen LogP contribution in [-0.4, -0.2) is 25.3 Å². The fourth-order valence-corrected chi connectivity index (χ4v) is 1.80. The van der Waals surface area contributed by atoms with E-state index in [9.17, 15) is 0 Å². The van der Waals surface area contributed by atoms with Gasteiger partial charge in [0.05, 0.1) is 0 Å². The summed E-state index contributed by atoms with van der Waals surface area (Å²) in [7, 11) is 3.40. The minimum absolute atomic E-state index is 0.252. The lowest BCUT2D eigenvalue weighted by atomic mass is 9.80. The standard InChI is InChI=1S/C7H13BrO2/c1-9-7(10-2)3-6(4-7)5-8/h6H,3-5H2,1-2H3. The van der Waals surface area contributed by atoms with Crippen LogP contribution in [-0.2, 0) is 9.47 Å². The Morgan fingerprint density at radius 3 is 2.20 bits per heavy atom. The minimum atomic E-state index is -0.252. The number of hydrogen-bond donors (Lipinski definition) is 0. The van der Waals surface area contributed by atoms with Crippen molar-refractivity contribution >= 4 is 15.9 Å². The van der Waals surface area contributed by atoms with E-state index in [2.05, 4.69) is 15.9 Å². The molecule has 0 unspecified atom stereocenters. The molecule has 0 aromatic heterocycles. The first-order valence-corrected chi connectivity index (χ1v) is 4.55. The van der Waals surface area contributed by atoms with Crippen LogP contribution in [0.25, 0.3) is 0 Å². The molecule has 0 radical (unpaired) electrons. The zero-order chi connectivity index (χ0) is 7.61. The summed E-state index contributed by atoms with van der Waals surface area (Å²) in [4.78, 5) is 0. The lowest BCUT2D eigenvalue weighted by Crippen LogP contribution is -2.47. The fraction of sp³-hybridized carbons (Fsp3) is 1.00. The first-order chi connectivity index (χ1) is 4.76. The highest BCUT2D eigenvalue weighted by molar-refractivity contribution is 9.09. The maximum Gasteiger partial charge on any atom is 0.168 e. The third-order valence-corrected chi connectivity index (χ3v) is 3.08. The normalized spacial score (nSPS) is 24.3. The summed E-state index contributed by atoms with van der Waals surface area (Å²) in [6.07, 6.45) is 2.04. The highest BCUT2D eigenvalue weighted by Gasteiger charge is 2.44. The Balaban J connectivity index is 2.31. The topological polar surface area (TPSA) is 18.5 Å². The van der Waals surface area contributed by atoms with Gasteiger partial charge in [0.15, 0.2) is 5.79 Å². The van der Waals surface area contributed by atoms with E-state index in [0.717, 1.165) is 24.1 Å². The molecular weight excluding hydrogens is 196 g/mol. The number of methoxy groups -OCH3 is 2. The summed E-state index contributed by atoms with van der Waals surface area (Å²) in [6, 6.07) is 0. The molecule has 1 aliphatic carbocycles. The third-order valence-electron chi connectivity index (χ3n) is 2.16. The summed E-state index contributed by atoms with van der Waals surface area (Å²) in [5.41, 5.74) is 0. The van der Waals surface area contributed by atoms with Crippen molar-refractivity contribution in [2.75, 3.05) is 19.5 Å². The predicted molar refractivity (Wildman–Crippen MR) is 43.3 cm³/mol. The van der Waals surface area contributed by atoms with Crippen molar-refractivity contribution in [1.29, 1.82) is 0 Å². The molecule has 1 fully saturated rings. The van der Waals surface area contributed by atoms with Crippen LogP contribution in [0.2, 0.25) is 0 Å². The first kappa shape index (κ1) is 8.50. The Kier molecular flexibility index (Phi) is 2.72. The molecule has 60 valence electrons. The number of hydrogen-bond acceptors (Lipinski definition) is 2. The van der Waals surface area contributed by atoms with Crippen molar-refractivity contribution in [2.24, 2.45) is 5.92 Å². The summed E-state index contributed by atoms with van der Waals surface area (Å²) < 4.78 is 10.4. The van der Waals surface area contributed by atoms with Crippen molar-refractivity contribution in [3.63, 3.8) is 0 Å². The summed E-state index contributed by atoms with van der Waals surface area (Å²) in [5.74, 6) is 0.484. The molecule has 1 rings (SSSR count). The predicted octanol–water partition coefficient (Wildman–Crippen LogP) is 1.78. The van der Waals surface area contributed by atoms with Gasteiger partial charge in [0.2, 0.25) is 0 Å². The van der Waals surface area contributed by atoms with Gasteiger partial charge < -0.3 is 9.47 Å². The van der Waals surface area contributed by atoms with E-state index in [1.165, 1.54) is 0 Å². The maximum absolute atomic E-state index is 5.21. The first-order valence-electron chi connectivity index (χ1n) is 3.42. The van der Waals surface area contributed by atoms with Crippen LogP contribution in [0.5, 0.6) is 0 Å². The average Bonchev–Trinajstić information content (AvgIpc) is 1.89. The van der Waals surface area contributed by atoms with Crippen LogP contribution in [0.1, 0.15) is 12.8 Å². The number of rotatable bonds is 3. The third kappa shape index (κ3) is 1.36. The quantitative estimate of drug-likeness (QED) is 0.521. The molecule has 0 aromatic carbocycles. The van der Waals surface area contributed by atoms with Crippen LogP contribution < -0.4 is 0 Å². The minimum Gasteiger partial charge on any atom is -0.353 e. The second-order valence-corrected chi connectivity index (χ2v) is 3.39. The molecule has 0 aliphatic heterocycles. The van der Waals surface area contributed by atoms with E-state index in [1.807, 2.05) is 0 Å². The van der Waals surface area contributed by atoms with Gasteiger partial charge in [-0.25, -0.2) is 0 Å². The molecule has 0 amide bonds. The summed E-state index contributed by atoms with van der Waals surface area (Å²) >= 11 is 3.43. The Labute approximate surface area is 70.0 Å². The van der Waals surface area contributed by atoms with Crippen molar-refractivity contribution in [3.05, 3.63) is 0 Å². The van der Waals surface area contributed by atoms with Crippen molar-refractivity contribution in [1.82, 2.24) is 0 Å². The largest absolute Gasteiger partial charge is 0.353 e. The zero-order valence-electron chi connectivity index (χ0n) is 6.39. The van der Waals surface area contributed by atoms with Gasteiger partial charge in [0, 0.05) is 32.4 Å². The van der Waals surface area contributed by atoms with Gasteiger partial charge >= 0.3 is 0 Å². The SMILES string of the molecule is COC1(OC)CC(CBr)C1. The van der Waals surface area contributed by atoms with Gasteiger partial charge in [-0.3, -0.25) is 0 Å². The maximum atomic E-state index is 5.21. The molecule has 0 heterocycles. The molecule has 0 spiro atoms. The molecule has 0 N–H and O–H groups in total. The Hall–Kier alpha value is 0.400. The summed E-state index contributed by atoms with van der Waals surface area (Å²) in [6.45, 7) is 0. The molecule has 2 nitrogen and oxygen atoms in total. The van der Waals surface area contributed by atoms with E-state index in [1.54, 1.807) is 14.2 Å². The van der Waals surface area contributed by atoms with Crippen LogP contribution in [0, 0.1) is 5.92 Å². The van der Waals surface area contributed by atoms with Crippen LogP contribution in [0.15, 0.2) is 0 Å². The highest BCUT2D eigenvalue weighted by Crippen LogP contribution is 2.41. The molecule has 1 aliphatic rings. The fourth-order valence-electron chi connectivity index (χ4n) is 1.35. The van der Waals surface area contributed by atoms with E-state index in [4.69, 9.17) is 9.47 Å². The van der Waals surface area contributed by atoms with Crippen molar-refractivity contribution < 1.29 is 9.47 Å². The van der Waals surface area contributed by atoms with Crippen LogP contribution >= 0.6 is 15.9 Å². The zero-order valence-corrected chi connectivity index (χ0v) is 7.98. The van der Waals surface area contributed by atoms with Gasteiger partial charge in [0.25, 0.3) is 0 Å². The van der Waals surface area contributed by atoms with Gasteiger partial charge in [-0.15, -0.1) is 0 Å². The Morgan fingerprint density at radius 2 is 1.90 bits per heavy atom. The van der Waals surface area contributed by atoms with Crippen molar-refractivity contribution in [3.8, 4) is 0 Å². The number of halogens is 1. The summed E-state index contributed by atoms with van der Waals surface area (Å²) in [5, 5.41) is 1.06. The average molecular weight is 209 g/mol. The van der Waals surface area contributed by atoms with E-state index >= 15 is 0 Å². The Bertz CT molecular complexity index is 104. The van der Waals surface area contributed by atoms with E-state index < -0.39 is 0 Å². The lowest BCUT2D eigenvalue weighted by Gasteiger charge is -2.44. The van der Waals surface area contributed by atoms with Crippen LogP contribution in [0.3, 0.4) is 0 Å². The Morgan fingerprint density at radius 1 is 1.40 bits per heavy atom. The number of alkyl halides is 1. The number of ether oxygens (including phenoxy) is 2. The lowest BCUT2D eigenvalue weighted by molar-refractivity contribution is -0.266. The van der Waals surface area contributed by atoms with Gasteiger partial charge in [-0.2, -0.15) is 0 Å². The molecular formula is C7H13BrO2. The van der Waals surface area contributed by atoms with E-state index in [-0.39, 0.29) is 5.79 Å². The van der Waals surface area contributed by atoms with Crippen molar-refractivity contribution in [2.45, 2.75) is 18.6 Å². The van der Waals surface area contributed by atoms with Gasteiger partial charge in [-0.05, 0) is 5.92 Å².